The maximum Gasteiger partial charge on any atom is 0.306 e. The molecule has 0 aliphatic carbocycles. The summed E-state index contributed by atoms with van der Waals surface area (Å²) in [5.41, 5.74) is 0. The first-order valence-electron chi connectivity index (χ1n) is 23.0. The summed E-state index contributed by atoms with van der Waals surface area (Å²) >= 11 is 0. The summed E-state index contributed by atoms with van der Waals surface area (Å²) in [4.78, 5) is 37.6. The number of hydrogen-bond donors (Lipinski definition) is 0. The Labute approximate surface area is 345 Å². The summed E-state index contributed by atoms with van der Waals surface area (Å²) in [5.74, 6) is -0.842. The molecule has 0 aliphatic rings. The van der Waals surface area contributed by atoms with E-state index in [0.717, 1.165) is 57.8 Å². The monoisotopic (exact) mass is 814 g/mol. The molecule has 0 N–H and O–H groups in total. The van der Waals surface area contributed by atoms with E-state index in [0.29, 0.717) is 17.4 Å². The smallest absolute Gasteiger partial charge is 0.306 e. The van der Waals surface area contributed by atoms with E-state index in [1.807, 2.05) is 21.1 Å². The number of hydrogen-bond acceptors (Lipinski definition) is 8. The van der Waals surface area contributed by atoms with Gasteiger partial charge in [-0.3, -0.25) is 14.2 Å². The first-order valence-corrected chi connectivity index (χ1v) is 24.5. The lowest BCUT2D eigenvalue weighted by atomic mass is 10.0. The van der Waals surface area contributed by atoms with E-state index in [1.54, 1.807) is 0 Å². The number of carbonyl (C=O) groups is 2. The van der Waals surface area contributed by atoms with Gasteiger partial charge in [0, 0.05) is 12.8 Å². The predicted octanol–water partition coefficient (Wildman–Crippen LogP) is 12.5. The van der Waals surface area contributed by atoms with Crippen LogP contribution in [0.2, 0.25) is 0 Å². The fourth-order valence-corrected chi connectivity index (χ4v) is 7.06. The normalized spacial score (nSPS) is 13.8. The minimum absolute atomic E-state index is 0.0318. The van der Waals surface area contributed by atoms with Gasteiger partial charge in [-0.2, -0.15) is 0 Å². The molecule has 0 amide bonds. The minimum Gasteiger partial charge on any atom is -0.756 e. The zero-order valence-electron chi connectivity index (χ0n) is 37.1. The van der Waals surface area contributed by atoms with E-state index in [9.17, 15) is 19.0 Å². The summed E-state index contributed by atoms with van der Waals surface area (Å²) in [6.45, 7) is 4.21. The Kier molecular flexibility index (Phi) is 37.9. The molecule has 0 aromatic carbocycles. The average Bonchev–Trinajstić information content (AvgIpc) is 3.15. The average molecular weight is 814 g/mol. The lowest BCUT2D eigenvalue weighted by molar-refractivity contribution is -0.870. The summed E-state index contributed by atoms with van der Waals surface area (Å²) in [5, 5.41) is 0. The number of carbonyl (C=O) groups excluding carboxylic acids is 2. The number of rotatable bonds is 42. The number of likely N-dealkylation sites (N-methyl/N-ethyl adjacent to an activating group) is 1. The Morgan fingerprint density at radius 2 is 0.964 bits per heavy atom. The first kappa shape index (κ1) is 54.5. The van der Waals surface area contributed by atoms with Gasteiger partial charge in [-0.1, -0.05) is 173 Å². The lowest BCUT2D eigenvalue weighted by Gasteiger charge is -2.28. The second-order valence-electron chi connectivity index (χ2n) is 16.8. The molecule has 0 saturated heterocycles. The second-order valence-corrected chi connectivity index (χ2v) is 18.2. The lowest BCUT2D eigenvalue weighted by Crippen LogP contribution is -2.37. The van der Waals surface area contributed by atoms with Crippen LogP contribution in [-0.4, -0.2) is 70.0 Å². The van der Waals surface area contributed by atoms with E-state index < -0.39 is 26.5 Å². The molecule has 330 valence electrons. The molecule has 0 aromatic rings. The molecular formula is C46H88NO8P. The van der Waals surface area contributed by atoms with Crippen molar-refractivity contribution < 1.29 is 42.1 Å². The van der Waals surface area contributed by atoms with E-state index >= 15 is 0 Å². The fraction of sp³-hybridized carbons (Fsp3) is 0.870. The highest BCUT2D eigenvalue weighted by molar-refractivity contribution is 7.45. The molecule has 0 saturated carbocycles. The predicted molar refractivity (Wildman–Crippen MR) is 231 cm³/mol. The highest BCUT2D eigenvalue weighted by atomic mass is 31.2. The van der Waals surface area contributed by atoms with Gasteiger partial charge in [0.25, 0.3) is 7.82 Å². The Morgan fingerprint density at radius 3 is 1.43 bits per heavy atom. The zero-order chi connectivity index (χ0) is 41.4. The highest BCUT2D eigenvalue weighted by Gasteiger charge is 2.21. The van der Waals surface area contributed by atoms with Gasteiger partial charge in [0.05, 0.1) is 27.7 Å². The fourth-order valence-electron chi connectivity index (χ4n) is 6.33. The van der Waals surface area contributed by atoms with Crippen molar-refractivity contribution in [2.45, 2.75) is 213 Å². The van der Waals surface area contributed by atoms with Gasteiger partial charge in [0.2, 0.25) is 0 Å². The van der Waals surface area contributed by atoms with Crippen LogP contribution in [0.3, 0.4) is 0 Å². The number of allylic oxidation sites excluding steroid dienone is 4. The van der Waals surface area contributed by atoms with E-state index in [4.69, 9.17) is 18.5 Å². The summed E-state index contributed by atoms with van der Waals surface area (Å²) in [6, 6.07) is 0. The third kappa shape index (κ3) is 42.1. The number of unbranched alkanes of at least 4 members (excludes halogenated alkanes) is 24. The summed E-state index contributed by atoms with van der Waals surface area (Å²) in [7, 11) is 1.16. The van der Waals surface area contributed by atoms with Crippen LogP contribution in [0.15, 0.2) is 24.3 Å². The Hall–Kier alpha value is -1.51. The third-order valence-corrected chi connectivity index (χ3v) is 10.9. The second kappa shape index (κ2) is 39.0. The van der Waals surface area contributed by atoms with Gasteiger partial charge in [-0.05, 0) is 44.9 Å². The topological polar surface area (TPSA) is 111 Å². The maximum absolute atomic E-state index is 12.7. The summed E-state index contributed by atoms with van der Waals surface area (Å²) in [6.07, 6.45) is 42.0. The number of quaternary nitrogens is 1. The number of nitrogens with zero attached hydrogens (tertiary/aromatic N) is 1. The Morgan fingerprint density at radius 1 is 0.554 bits per heavy atom. The number of esters is 2. The van der Waals surface area contributed by atoms with E-state index in [1.165, 1.54) is 116 Å². The van der Waals surface area contributed by atoms with E-state index in [2.05, 4.69) is 38.2 Å². The van der Waals surface area contributed by atoms with Crippen molar-refractivity contribution >= 4 is 19.8 Å². The third-order valence-electron chi connectivity index (χ3n) is 9.97. The van der Waals surface area contributed by atoms with Crippen molar-refractivity contribution in [1.29, 1.82) is 0 Å². The standard InChI is InChI=1S/C46H88NO8P/c1-6-8-10-12-14-16-18-20-22-24-26-28-30-32-34-36-38-45(48)52-42-44(43-54-56(50,51)53-41-40-47(3,4)5)55-46(49)39-37-35-33-31-29-27-25-23-21-19-17-15-13-11-9-7-2/h17,19,23,25,44H,6-16,18,20-22,24,26-43H2,1-5H3/b19-17-,25-23-. The van der Waals surface area contributed by atoms with E-state index in [-0.39, 0.29) is 32.0 Å². The molecule has 9 nitrogen and oxygen atoms in total. The molecular weight excluding hydrogens is 725 g/mol. The highest BCUT2D eigenvalue weighted by Crippen LogP contribution is 2.38. The van der Waals surface area contributed by atoms with Crippen LogP contribution in [0.4, 0.5) is 0 Å². The molecule has 2 unspecified atom stereocenters. The van der Waals surface area contributed by atoms with Crippen LogP contribution < -0.4 is 4.89 Å². The van der Waals surface area contributed by atoms with Gasteiger partial charge in [0.1, 0.15) is 19.8 Å². The maximum atomic E-state index is 12.7. The van der Waals surface area contributed by atoms with Crippen molar-refractivity contribution in [2.75, 3.05) is 47.5 Å². The molecule has 0 radical (unpaired) electrons. The van der Waals surface area contributed by atoms with Crippen molar-refractivity contribution in [3.8, 4) is 0 Å². The molecule has 56 heavy (non-hydrogen) atoms. The van der Waals surface area contributed by atoms with Gasteiger partial charge in [-0.25, -0.2) is 0 Å². The largest absolute Gasteiger partial charge is 0.756 e. The molecule has 10 heteroatoms. The van der Waals surface area contributed by atoms with Gasteiger partial charge in [-0.15, -0.1) is 0 Å². The van der Waals surface area contributed by atoms with Gasteiger partial charge >= 0.3 is 11.9 Å². The molecule has 0 aromatic heterocycles. The molecule has 0 heterocycles. The van der Waals surface area contributed by atoms with Crippen LogP contribution >= 0.6 is 7.82 Å². The van der Waals surface area contributed by atoms with Crippen LogP contribution in [0.5, 0.6) is 0 Å². The molecule has 0 rings (SSSR count). The minimum atomic E-state index is -4.63. The molecule has 0 fully saturated rings. The van der Waals surface area contributed by atoms with Crippen LogP contribution in [0.1, 0.15) is 206 Å². The zero-order valence-corrected chi connectivity index (χ0v) is 38.0. The van der Waals surface area contributed by atoms with Crippen molar-refractivity contribution in [3.63, 3.8) is 0 Å². The van der Waals surface area contributed by atoms with Gasteiger partial charge in [0.15, 0.2) is 6.10 Å². The van der Waals surface area contributed by atoms with Crippen molar-refractivity contribution in [1.82, 2.24) is 0 Å². The SMILES string of the molecule is CCCCCC/C=C\C/C=C\CCCCCCCC(=O)OC(COC(=O)CCCCCCCCCCCCCCCCCC)COP(=O)([O-])OCC[N+](C)(C)C. The van der Waals surface area contributed by atoms with Crippen molar-refractivity contribution in [3.05, 3.63) is 24.3 Å². The van der Waals surface area contributed by atoms with Crippen LogP contribution in [-0.2, 0) is 32.7 Å². The molecule has 0 bridgehead atoms. The number of phosphoric ester groups is 1. The quantitative estimate of drug-likeness (QED) is 0.0197. The Balaban J connectivity index is 4.34. The number of ether oxygens (including phenoxy) is 2. The van der Waals surface area contributed by atoms with Crippen LogP contribution in [0, 0.1) is 0 Å². The molecule has 0 spiro atoms. The van der Waals surface area contributed by atoms with Gasteiger partial charge < -0.3 is 27.9 Å². The van der Waals surface area contributed by atoms with Crippen LogP contribution in [0.25, 0.3) is 0 Å². The summed E-state index contributed by atoms with van der Waals surface area (Å²) < 4.78 is 33.9. The molecule has 0 aliphatic heterocycles. The Bertz CT molecular complexity index is 1010. The first-order chi connectivity index (χ1) is 27.0. The number of phosphoric acid groups is 1. The van der Waals surface area contributed by atoms with Crippen molar-refractivity contribution in [2.24, 2.45) is 0 Å². The molecule has 2 atom stereocenters.